The molecule has 1 aliphatic rings. The summed E-state index contributed by atoms with van der Waals surface area (Å²) >= 11 is 0. The number of aliphatic hydroxyl groups excluding tert-OH is 1. The molecule has 0 saturated carbocycles. The Morgan fingerprint density at radius 1 is 0.788 bits per heavy atom. The van der Waals surface area contributed by atoms with Gasteiger partial charge in [0.05, 0.1) is 18.1 Å². The standard InChI is InChI=1S/C43H39N2O6P/c1-3-27-51-43(50)42(52(34-21-10-5-11-22-34,35-23-12-6-13-24-35)36-25-14-7-15-26-36)45-37(39(30(2)46)41(45)49)29-38(47)31-17-16-18-32(28-31)40(48)44-33-19-8-4-9-20-33/h3-26,28,30,37,39,46H,1,27,29H2,2H3,(H,44,48)/t30-,37-,39-/m1/s1. The topological polar surface area (TPSA) is 113 Å². The second-order valence-corrected chi connectivity index (χ2v) is 15.8. The number of β-lactam (4-membered cyclic amide) rings is 1. The second kappa shape index (κ2) is 16.0. The van der Waals surface area contributed by atoms with Crippen molar-refractivity contribution in [2.45, 2.75) is 25.5 Å². The molecule has 2 amide bonds. The van der Waals surface area contributed by atoms with E-state index in [1.54, 1.807) is 30.3 Å². The lowest BCUT2D eigenvalue weighted by molar-refractivity contribution is -0.157. The highest BCUT2D eigenvalue weighted by molar-refractivity contribution is 7.96. The Morgan fingerprint density at radius 3 is 1.79 bits per heavy atom. The molecule has 2 N–H and O–H groups in total. The molecule has 8 nitrogen and oxygen atoms in total. The Hall–Kier alpha value is -5.82. The molecule has 1 aliphatic heterocycles. The molecule has 0 radical (unpaired) electrons. The molecule has 5 aromatic rings. The van der Waals surface area contributed by atoms with Crippen LogP contribution < -0.4 is 21.2 Å². The highest BCUT2D eigenvalue weighted by atomic mass is 31.2. The lowest BCUT2D eigenvalue weighted by Crippen LogP contribution is -2.68. The number of aliphatic hydroxyl groups is 1. The number of Topliss-reactive ketones (excluding diaryl/α,β-unsaturated/α-hetero) is 1. The molecule has 0 bridgehead atoms. The van der Waals surface area contributed by atoms with Crippen molar-refractivity contribution in [1.29, 1.82) is 0 Å². The van der Waals surface area contributed by atoms with Gasteiger partial charge in [0, 0.05) is 30.1 Å². The summed E-state index contributed by atoms with van der Waals surface area (Å²) in [5.74, 6) is -2.92. The molecular formula is C43H39N2O6P. The van der Waals surface area contributed by atoms with Gasteiger partial charge in [0.25, 0.3) is 5.91 Å². The maximum absolute atomic E-state index is 14.6. The van der Waals surface area contributed by atoms with Crippen LogP contribution >= 0.6 is 6.89 Å². The summed E-state index contributed by atoms with van der Waals surface area (Å²) in [7, 11) is 0. The van der Waals surface area contributed by atoms with Crippen LogP contribution in [0.5, 0.6) is 0 Å². The predicted octanol–water partition coefficient (Wildman–Crippen LogP) is 5.57. The number of anilines is 1. The van der Waals surface area contributed by atoms with E-state index in [0.717, 1.165) is 15.9 Å². The first-order valence-corrected chi connectivity index (χ1v) is 18.8. The Bertz CT molecular complexity index is 2030. The summed E-state index contributed by atoms with van der Waals surface area (Å²) in [6.45, 7) is 1.91. The van der Waals surface area contributed by atoms with E-state index in [2.05, 4.69) is 11.9 Å². The number of likely N-dealkylation sites (tertiary alicyclic amines) is 1. The summed E-state index contributed by atoms with van der Waals surface area (Å²) in [6, 6.07) is 43.1. The van der Waals surface area contributed by atoms with Crippen LogP contribution in [0.3, 0.4) is 0 Å². The Balaban J connectivity index is 1.52. The van der Waals surface area contributed by atoms with Crippen LogP contribution in [0.25, 0.3) is 0 Å². The van der Waals surface area contributed by atoms with Crippen LogP contribution in [-0.2, 0) is 14.3 Å². The molecule has 1 fully saturated rings. The van der Waals surface area contributed by atoms with E-state index >= 15 is 0 Å². The van der Waals surface area contributed by atoms with Gasteiger partial charge in [0.2, 0.25) is 5.91 Å². The average Bonchev–Trinajstić information content (AvgIpc) is 3.18. The van der Waals surface area contributed by atoms with Gasteiger partial charge in [-0.1, -0.05) is 134 Å². The van der Waals surface area contributed by atoms with Crippen molar-refractivity contribution in [2.24, 2.45) is 5.92 Å². The van der Waals surface area contributed by atoms with Crippen molar-refractivity contribution in [3.05, 3.63) is 169 Å². The third-order valence-corrected chi connectivity index (χ3v) is 13.4. The Morgan fingerprint density at radius 2 is 1.29 bits per heavy atom. The van der Waals surface area contributed by atoms with E-state index in [9.17, 15) is 24.3 Å². The van der Waals surface area contributed by atoms with Crippen LogP contribution in [0.1, 0.15) is 34.1 Å². The molecule has 3 atom stereocenters. The lowest BCUT2D eigenvalue weighted by atomic mass is 9.79. The van der Waals surface area contributed by atoms with Crippen LogP contribution in [0.2, 0.25) is 0 Å². The molecule has 0 aromatic heterocycles. The third-order valence-electron chi connectivity index (χ3n) is 9.15. The van der Waals surface area contributed by atoms with Crippen LogP contribution in [0.4, 0.5) is 5.69 Å². The monoisotopic (exact) mass is 710 g/mol. The van der Waals surface area contributed by atoms with Crippen molar-refractivity contribution in [2.75, 3.05) is 11.9 Å². The number of nitrogens with one attached hydrogen (secondary N) is 1. The molecule has 262 valence electrons. The van der Waals surface area contributed by atoms with E-state index in [-0.39, 0.29) is 41.3 Å². The minimum atomic E-state index is -3.22. The van der Waals surface area contributed by atoms with E-state index < -0.39 is 36.8 Å². The molecule has 0 aliphatic carbocycles. The summed E-state index contributed by atoms with van der Waals surface area (Å²) in [5.41, 5.74) is 1.26. The summed E-state index contributed by atoms with van der Waals surface area (Å²) in [6.07, 6.45) is 0.122. The molecule has 6 rings (SSSR count). The summed E-state index contributed by atoms with van der Waals surface area (Å²) in [5, 5.41) is 16.2. The van der Waals surface area contributed by atoms with E-state index in [0.29, 0.717) is 5.69 Å². The normalized spacial score (nSPS) is 15.9. The molecule has 5 aromatic carbocycles. The van der Waals surface area contributed by atoms with Gasteiger partial charge in [0.15, 0.2) is 5.78 Å². The third kappa shape index (κ3) is 7.04. The average molecular weight is 711 g/mol. The van der Waals surface area contributed by atoms with Crippen LogP contribution in [-0.4, -0.2) is 57.7 Å². The first-order chi connectivity index (χ1) is 25.3. The van der Waals surface area contributed by atoms with Gasteiger partial charge in [0.1, 0.15) is 12.0 Å². The van der Waals surface area contributed by atoms with Gasteiger partial charge in [-0.2, -0.15) is 0 Å². The molecule has 1 heterocycles. The van der Waals surface area contributed by atoms with E-state index in [1.807, 2.05) is 109 Å². The fourth-order valence-electron chi connectivity index (χ4n) is 6.81. The van der Waals surface area contributed by atoms with Crippen molar-refractivity contribution in [3.8, 4) is 0 Å². The van der Waals surface area contributed by atoms with Crippen molar-refractivity contribution in [1.82, 2.24) is 4.90 Å². The number of carbonyl (C=O) groups excluding carboxylic acids is 4. The molecule has 1 saturated heterocycles. The van der Waals surface area contributed by atoms with Gasteiger partial charge in [-0.25, -0.2) is 4.79 Å². The number of nitrogens with zero attached hydrogens (tertiary/aromatic N) is 1. The first kappa shape index (κ1) is 36.0. The van der Waals surface area contributed by atoms with Crippen molar-refractivity contribution in [3.63, 3.8) is 0 Å². The maximum Gasteiger partial charge on any atom is 0.356 e. The highest BCUT2D eigenvalue weighted by Crippen LogP contribution is 2.50. The summed E-state index contributed by atoms with van der Waals surface area (Å²) < 4.78 is 5.80. The number of ketones is 1. The zero-order chi connectivity index (χ0) is 36.7. The number of carbonyl (C=O) groups is 4. The van der Waals surface area contributed by atoms with Gasteiger partial charge in [-0.05, 0) is 47.1 Å². The number of hydrogen-bond donors (Lipinski definition) is 2. The molecular weight excluding hydrogens is 671 g/mol. The number of amides is 2. The van der Waals surface area contributed by atoms with Gasteiger partial charge in [-0.3, -0.25) is 14.4 Å². The number of esters is 1. The molecule has 9 heteroatoms. The van der Waals surface area contributed by atoms with Crippen LogP contribution in [0.15, 0.2) is 158 Å². The van der Waals surface area contributed by atoms with Gasteiger partial charge < -0.3 is 20.1 Å². The second-order valence-electron chi connectivity index (χ2n) is 12.5. The summed E-state index contributed by atoms with van der Waals surface area (Å²) in [4.78, 5) is 57.7. The number of para-hydroxylation sites is 1. The highest BCUT2D eigenvalue weighted by Gasteiger charge is 2.55. The number of hydrogen-bond acceptors (Lipinski definition) is 6. The minimum absolute atomic E-state index is 0.105. The van der Waals surface area contributed by atoms with E-state index in [4.69, 9.17) is 4.74 Å². The quantitative estimate of drug-likeness (QED) is 0.0544. The van der Waals surface area contributed by atoms with Gasteiger partial charge in [-0.15, -0.1) is 0 Å². The predicted molar refractivity (Wildman–Crippen MR) is 207 cm³/mol. The number of ether oxygens (including phenoxy) is 1. The molecule has 52 heavy (non-hydrogen) atoms. The van der Waals surface area contributed by atoms with E-state index in [1.165, 1.54) is 24.0 Å². The Labute approximate surface area is 303 Å². The Kier molecular flexibility index (Phi) is 11.1. The minimum Gasteiger partial charge on any atom is -0.457 e. The molecule has 0 unspecified atom stereocenters. The molecule has 0 spiro atoms. The zero-order valence-corrected chi connectivity index (χ0v) is 29.6. The van der Waals surface area contributed by atoms with Crippen LogP contribution in [0, 0.1) is 5.92 Å². The van der Waals surface area contributed by atoms with Crippen molar-refractivity contribution >= 4 is 57.5 Å². The number of benzene rings is 5. The fraction of sp³-hybridized carbons (Fsp3) is 0.140. The number of rotatable bonds is 13. The SMILES string of the molecule is C=CCOC(=O)C(N1C(=O)[C@H]([C@@H](C)O)[C@H]1CC(=O)c1cccc(C(=O)Nc2ccccc2)c1)=P(c1ccccc1)(c1ccccc1)c1ccccc1. The largest absolute Gasteiger partial charge is 0.457 e. The smallest absolute Gasteiger partial charge is 0.356 e. The van der Waals surface area contributed by atoms with Crippen molar-refractivity contribution < 1.29 is 29.0 Å². The lowest BCUT2D eigenvalue weighted by Gasteiger charge is -2.50. The fourth-order valence-corrected chi connectivity index (χ4v) is 11.2. The first-order valence-electron chi connectivity index (χ1n) is 17.0. The van der Waals surface area contributed by atoms with Gasteiger partial charge >= 0.3 is 5.97 Å². The maximum atomic E-state index is 14.6. The zero-order valence-electron chi connectivity index (χ0n) is 28.7.